The van der Waals surface area contributed by atoms with E-state index in [0.29, 0.717) is 18.4 Å². The van der Waals surface area contributed by atoms with Crippen LogP contribution in [-0.2, 0) is 30.3 Å². The molecule has 2 heterocycles. The molecule has 218 valence electrons. The number of benzene rings is 1. The molecule has 3 aliphatic rings. The Labute approximate surface area is 240 Å². The average Bonchev–Trinajstić information content (AvgIpc) is 3.51. The molecule has 0 unspecified atom stereocenters. The van der Waals surface area contributed by atoms with E-state index in [0.717, 1.165) is 16.5 Å². The van der Waals surface area contributed by atoms with E-state index < -0.39 is 47.4 Å². The number of para-hydroxylation sites is 1. The van der Waals surface area contributed by atoms with Crippen LogP contribution < -0.4 is 5.32 Å². The van der Waals surface area contributed by atoms with Gasteiger partial charge in [0.2, 0.25) is 5.91 Å². The Bertz CT molecular complexity index is 1440. The number of carbonyl (C=O) groups excluding carboxylic acids is 4. The fraction of sp³-hybridized carbons (Fsp3) is 0.515. The van der Waals surface area contributed by atoms with Crippen LogP contribution in [0.2, 0.25) is 0 Å². The molecule has 2 aromatic rings. The Morgan fingerprint density at radius 2 is 1.88 bits per heavy atom. The molecule has 8 heteroatoms. The van der Waals surface area contributed by atoms with Gasteiger partial charge in [-0.1, -0.05) is 57.2 Å². The standard InChI is InChI=1S/C33H40N2O6/c1-17-9-8-12-33(23(32(40)41-5)15-26(36)29(37)18(2)13-17)28-27(19(3)20(4)30(33)38)25(35-31(28)39)14-21-16-34-24-11-7-6-10-22(21)24/h6-8,10-13,16-17,19-20,23,25,27-29,34,37H,9,14-15H2,1-5H3,(H,35,39)/b12-8+,18-13+/t17-,19+,20+,23+,25-,27-,28+,29+,33-/m0/s1. The number of amides is 1. The van der Waals surface area contributed by atoms with Crippen molar-refractivity contribution in [3.8, 4) is 0 Å². The average molecular weight is 561 g/mol. The Balaban J connectivity index is 1.64. The van der Waals surface area contributed by atoms with E-state index in [1.807, 2.05) is 63.4 Å². The van der Waals surface area contributed by atoms with Crippen molar-refractivity contribution in [1.82, 2.24) is 10.3 Å². The van der Waals surface area contributed by atoms with Gasteiger partial charge >= 0.3 is 5.97 Å². The second-order valence-electron chi connectivity index (χ2n) is 12.4. The first-order chi connectivity index (χ1) is 19.5. The van der Waals surface area contributed by atoms with E-state index in [9.17, 15) is 24.3 Å². The molecule has 9 atom stereocenters. The maximum Gasteiger partial charge on any atom is 0.310 e. The zero-order chi connectivity index (χ0) is 29.6. The number of nitrogens with one attached hydrogen (secondary N) is 2. The van der Waals surface area contributed by atoms with Gasteiger partial charge in [-0.3, -0.25) is 19.2 Å². The van der Waals surface area contributed by atoms with Gasteiger partial charge in [0.1, 0.15) is 11.9 Å². The number of hydrogen-bond acceptors (Lipinski definition) is 6. The van der Waals surface area contributed by atoms with Gasteiger partial charge in [0.05, 0.1) is 24.4 Å². The number of carbonyl (C=O) groups is 4. The highest BCUT2D eigenvalue weighted by atomic mass is 16.5. The summed E-state index contributed by atoms with van der Waals surface area (Å²) in [6.45, 7) is 7.51. The van der Waals surface area contributed by atoms with Gasteiger partial charge in [-0.25, -0.2) is 0 Å². The molecule has 1 aliphatic heterocycles. The van der Waals surface area contributed by atoms with Gasteiger partial charge < -0.3 is 20.1 Å². The van der Waals surface area contributed by atoms with Gasteiger partial charge in [-0.2, -0.15) is 0 Å². The normalized spacial score (nSPS) is 38.1. The van der Waals surface area contributed by atoms with Crippen LogP contribution in [-0.4, -0.2) is 52.8 Å². The maximum absolute atomic E-state index is 14.5. The van der Waals surface area contributed by atoms with Crippen molar-refractivity contribution < 1.29 is 29.0 Å². The van der Waals surface area contributed by atoms with Crippen molar-refractivity contribution in [1.29, 1.82) is 0 Å². The maximum atomic E-state index is 14.5. The number of aromatic amines is 1. The van der Waals surface area contributed by atoms with Gasteiger partial charge in [-0.15, -0.1) is 0 Å². The lowest BCUT2D eigenvalue weighted by molar-refractivity contribution is -0.166. The molecule has 2 fully saturated rings. The van der Waals surface area contributed by atoms with Gasteiger partial charge in [-0.05, 0) is 54.7 Å². The Kier molecular flexibility index (Phi) is 7.81. The summed E-state index contributed by atoms with van der Waals surface area (Å²) in [4.78, 5) is 58.7. The summed E-state index contributed by atoms with van der Waals surface area (Å²) in [5.74, 6) is -4.88. The Morgan fingerprint density at radius 3 is 2.61 bits per heavy atom. The van der Waals surface area contributed by atoms with Crippen molar-refractivity contribution in [3.63, 3.8) is 0 Å². The van der Waals surface area contributed by atoms with Crippen LogP contribution in [0.4, 0.5) is 0 Å². The number of H-pyrrole nitrogens is 1. The van der Waals surface area contributed by atoms with Crippen LogP contribution in [0.25, 0.3) is 10.9 Å². The number of methoxy groups -OCH3 is 1. The van der Waals surface area contributed by atoms with Gasteiger partial charge in [0.15, 0.2) is 5.78 Å². The van der Waals surface area contributed by atoms with Crippen LogP contribution in [0.3, 0.4) is 0 Å². The lowest BCUT2D eigenvalue weighted by atomic mass is 9.49. The zero-order valence-corrected chi connectivity index (χ0v) is 24.3. The minimum atomic E-state index is -1.59. The third-order valence-corrected chi connectivity index (χ3v) is 9.98. The highest BCUT2D eigenvalue weighted by Crippen LogP contribution is 2.57. The molecule has 1 aromatic heterocycles. The Morgan fingerprint density at radius 1 is 1.15 bits per heavy atom. The number of aliphatic hydroxyl groups excluding tert-OH is 1. The van der Waals surface area contributed by atoms with Crippen LogP contribution in [0.1, 0.15) is 46.1 Å². The molecular weight excluding hydrogens is 520 g/mol. The lowest BCUT2D eigenvalue weighted by Crippen LogP contribution is -2.59. The molecule has 1 amide bonds. The van der Waals surface area contributed by atoms with Crippen molar-refractivity contribution >= 4 is 34.3 Å². The largest absolute Gasteiger partial charge is 0.469 e. The molecule has 3 N–H and O–H groups in total. The topological polar surface area (TPSA) is 126 Å². The van der Waals surface area contributed by atoms with Gasteiger partial charge in [0.25, 0.3) is 0 Å². The number of hydrogen-bond donors (Lipinski definition) is 3. The highest BCUT2D eigenvalue weighted by Gasteiger charge is 2.67. The number of fused-ring (bicyclic) bond motifs is 3. The first kappa shape index (κ1) is 29.0. The van der Waals surface area contributed by atoms with Crippen molar-refractivity contribution in [2.75, 3.05) is 7.11 Å². The summed E-state index contributed by atoms with van der Waals surface area (Å²) in [5, 5.41) is 15.1. The summed E-state index contributed by atoms with van der Waals surface area (Å²) < 4.78 is 5.19. The molecule has 1 spiro atoms. The molecule has 2 aliphatic carbocycles. The first-order valence-corrected chi connectivity index (χ1v) is 14.6. The zero-order valence-electron chi connectivity index (χ0n) is 24.3. The quantitative estimate of drug-likeness (QED) is 0.386. The number of aromatic nitrogens is 1. The molecule has 5 rings (SSSR count). The van der Waals surface area contributed by atoms with Crippen molar-refractivity contribution in [2.24, 2.45) is 40.9 Å². The minimum Gasteiger partial charge on any atom is -0.469 e. The fourth-order valence-corrected chi connectivity index (χ4v) is 7.76. The molecule has 0 bridgehead atoms. The summed E-state index contributed by atoms with van der Waals surface area (Å²) in [7, 11) is 1.23. The molecule has 1 saturated heterocycles. The third kappa shape index (κ3) is 4.76. The summed E-state index contributed by atoms with van der Waals surface area (Å²) in [6.07, 6.45) is 6.66. The van der Waals surface area contributed by atoms with Crippen LogP contribution in [0.5, 0.6) is 0 Å². The van der Waals surface area contributed by atoms with E-state index in [-0.39, 0.29) is 35.5 Å². The highest BCUT2D eigenvalue weighted by molar-refractivity contribution is 6.02. The van der Waals surface area contributed by atoms with Crippen LogP contribution in [0.15, 0.2) is 54.3 Å². The molecule has 0 radical (unpaired) electrons. The lowest BCUT2D eigenvalue weighted by Gasteiger charge is -2.50. The summed E-state index contributed by atoms with van der Waals surface area (Å²) in [5.41, 5.74) is 0.985. The number of ether oxygens (including phenoxy) is 1. The molecule has 1 aromatic carbocycles. The monoisotopic (exact) mass is 560 g/mol. The predicted molar refractivity (Wildman–Crippen MR) is 154 cm³/mol. The number of ketones is 2. The number of Topliss-reactive ketones (excluding diaryl/α,β-unsaturated/α-hetero) is 2. The third-order valence-electron chi connectivity index (χ3n) is 9.98. The van der Waals surface area contributed by atoms with Crippen molar-refractivity contribution in [3.05, 3.63) is 59.8 Å². The smallest absolute Gasteiger partial charge is 0.310 e. The summed E-state index contributed by atoms with van der Waals surface area (Å²) >= 11 is 0. The number of rotatable bonds is 3. The van der Waals surface area contributed by atoms with E-state index in [1.54, 1.807) is 13.0 Å². The molecule has 41 heavy (non-hydrogen) atoms. The number of esters is 1. The molecule has 8 nitrogen and oxygen atoms in total. The molecule has 1 saturated carbocycles. The SMILES string of the molecule is COC(=O)[C@H]1CC(=O)[C@H](O)/C(C)=C/[C@@H](C)C/C=C/[C@]12C(=O)[C@H](C)[C@@H](C)[C@H]1[C@H](Cc3c[nH]c4ccccc34)NC(=O)[C@@H]12. The number of allylic oxidation sites excluding steroid dienone is 3. The first-order valence-electron chi connectivity index (χ1n) is 14.6. The Hall–Kier alpha value is -3.52. The summed E-state index contributed by atoms with van der Waals surface area (Å²) in [6, 6.07) is 7.72. The van der Waals surface area contributed by atoms with E-state index in [2.05, 4.69) is 10.3 Å². The van der Waals surface area contributed by atoms with Crippen LogP contribution >= 0.6 is 0 Å². The van der Waals surface area contributed by atoms with Gasteiger partial charge in [0, 0.05) is 35.5 Å². The van der Waals surface area contributed by atoms with E-state index in [1.165, 1.54) is 7.11 Å². The van der Waals surface area contributed by atoms with Crippen molar-refractivity contribution in [2.45, 2.75) is 59.1 Å². The number of aliphatic hydroxyl groups is 1. The minimum absolute atomic E-state index is 0.0294. The molecular formula is C33H40N2O6. The predicted octanol–water partition coefficient (Wildman–Crippen LogP) is 3.93. The fourth-order valence-electron chi connectivity index (χ4n) is 7.76. The van der Waals surface area contributed by atoms with Crippen LogP contribution in [0, 0.1) is 40.9 Å². The second kappa shape index (κ2) is 11.0. The van der Waals surface area contributed by atoms with E-state index >= 15 is 0 Å². The van der Waals surface area contributed by atoms with E-state index in [4.69, 9.17) is 4.74 Å². The second-order valence-corrected chi connectivity index (χ2v) is 12.4.